The van der Waals surface area contributed by atoms with Crippen LogP contribution in [0.4, 0.5) is 0 Å². The summed E-state index contributed by atoms with van der Waals surface area (Å²) in [6.07, 6.45) is 8.06. The lowest BCUT2D eigenvalue weighted by Gasteiger charge is -2.35. The fourth-order valence-electron chi connectivity index (χ4n) is 5.29. The van der Waals surface area contributed by atoms with E-state index in [1.54, 1.807) is 18.2 Å². The number of rotatable bonds is 7. The van der Waals surface area contributed by atoms with Crippen LogP contribution in [0.3, 0.4) is 0 Å². The predicted octanol–water partition coefficient (Wildman–Crippen LogP) is 3.34. The Bertz CT molecular complexity index is 885. The molecule has 0 aromatic heterocycles. The molecule has 3 amide bonds. The van der Waals surface area contributed by atoms with Crippen LogP contribution in [0.5, 0.6) is 11.5 Å². The molecule has 0 spiro atoms. The van der Waals surface area contributed by atoms with Gasteiger partial charge in [0, 0.05) is 50.7 Å². The van der Waals surface area contributed by atoms with Crippen molar-refractivity contribution in [1.82, 2.24) is 14.7 Å². The molecule has 0 atom stereocenters. The van der Waals surface area contributed by atoms with E-state index in [1.165, 1.54) is 12.8 Å². The van der Waals surface area contributed by atoms with Crippen molar-refractivity contribution in [2.75, 3.05) is 52.5 Å². The monoisotopic (exact) mass is 485 g/mol. The molecule has 0 radical (unpaired) electrons. The molecule has 4 rings (SSSR count). The summed E-state index contributed by atoms with van der Waals surface area (Å²) in [5, 5.41) is 0. The first-order valence-electron chi connectivity index (χ1n) is 13.3. The van der Waals surface area contributed by atoms with Crippen molar-refractivity contribution in [3.05, 3.63) is 23.8 Å². The second-order valence-corrected chi connectivity index (χ2v) is 9.78. The lowest BCUT2D eigenvalue weighted by atomic mass is 9.94. The Morgan fingerprint density at radius 2 is 1.40 bits per heavy atom. The molecular formula is C27H39N3O5. The van der Waals surface area contributed by atoms with Gasteiger partial charge in [-0.1, -0.05) is 0 Å². The normalized spacial score (nSPS) is 19.4. The summed E-state index contributed by atoms with van der Waals surface area (Å²) in [5.41, 5.74) is 0.531. The lowest BCUT2D eigenvalue weighted by Crippen LogP contribution is -2.45. The molecule has 192 valence electrons. The van der Waals surface area contributed by atoms with E-state index in [2.05, 4.69) is 0 Å². The molecule has 0 saturated carbocycles. The summed E-state index contributed by atoms with van der Waals surface area (Å²) in [7, 11) is 0. The highest BCUT2D eigenvalue weighted by atomic mass is 16.5. The van der Waals surface area contributed by atoms with Gasteiger partial charge in [0.1, 0.15) is 0 Å². The maximum atomic E-state index is 13.2. The molecule has 1 aromatic carbocycles. The van der Waals surface area contributed by atoms with Crippen LogP contribution in [-0.4, -0.2) is 84.9 Å². The van der Waals surface area contributed by atoms with Crippen LogP contribution in [0.2, 0.25) is 0 Å². The van der Waals surface area contributed by atoms with Gasteiger partial charge in [0.05, 0.1) is 6.61 Å². The zero-order chi connectivity index (χ0) is 24.6. The molecule has 3 aliphatic rings. The lowest BCUT2D eigenvalue weighted by molar-refractivity contribution is -0.138. The van der Waals surface area contributed by atoms with E-state index in [0.717, 1.165) is 51.9 Å². The second kappa shape index (κ2) is 12.3. The van der Waals surface area contributed by atoms with Crippen molar-refractivity contribution in [3.8, 4) is 11.5 Å². The molecule has 0 bridgehead atoms. The third-order valence-electron chi connectivity index (χ3n) is 7.35. The van der Waals surface area contributed by atoms with Crippen LogP contribution in [-0.2, 0) is 9.59 Å². The molecule has 1 aromatic rings. The third-order valence-corrected chi connectivity index (χ3v) is 7.35. The first kappa shape index (κ1) is 25.3. The Hall–Kier alpha value is -2.77. The third kappa shape index (κ3) is 6.47. The van der Waals surface area contributed by atoms with Crippen molar-refractivity contribution >= 4 is 17.7 Å². The van der Waals surface area contributed by atoms with Crippen LogP contribution in [0.25, 0.3) is 0 Å². The average molecular weight is 486 g/mol. The highest BCUT2D eigenvalue weighted by molar-refractivity contribution is 5.95. The minimum Gasteiger partial charge on any atom is -0.490 e. The maximum Gasteiger partial charge on any atom is 0.260 e. The molecule has 3 heterocycles. The smallest absolute Gasteiger partial charge is 0.260 e. The summed E-state index contributed by atoms with van der Waals surface area (Å²) in [5.74, 6) is 1.14. The van der Waals surface area contributed by atoms with Gasteiger partial charge in [0.2, 0.25) is 5.91 Å². The van der Waals surface area contributed by atoms with E-state index < -0.39 is 0 Å². The van der Waals surface area contributed by atoms with Gasteiger partial charge < -0.3 is 24.2 Å². The minimum atomic E-state index is -0.0641. The van der Waals surface area contributed by atoms with Gasteiger partial charge in [-0.3, -0.25) is 14.4 Å². The Morgan fingerprint density at radius 1 is 0.771 bits per heavy atom. The zero-order valence-corrected chi connectivity index (χ0v) is 21.0. The number of hydrogen-bond acceptors (Lipinski definition) is 5. The summed E-state index contributed by atoms with van der Waals surface area (Å²) in [4.78, 5) is 44.2. The van der Waals surface area contributed by atoms with E-state index in [1.807, 2.05) is 21.6 Å². The number of hydrogen-bond donors (Lipinski definition) is 0. The largest absolute Gasteiger partial charge is 0.490 e. The van der Waals surface area contributed by atoms with Crippen LogP contribution >= 0.6 is 0 Å². The maximum absolute atomic E-state index is 13.2. The van der Waals surface area contributed by atoms with E-state index in [4.69, 9.17) is 9.47 Å². The highest BCUT2D eigenvalue weighted by Gasteiger charge is 2.31. The summed E-state index contributed by atoms with van der Waals surface area (Å²) < 4.78 is 11.5. The van der Waals surface area contributed by atoms with E-state index in [9.17, 15) is 14.4 Å². The van der Waals surface area contributed by atoms with E-state index >= 15 is 0 Å². The summed E-state index contributed by atoms with van der Waals surface area (Å²) >= 11 is 0. The molecule has 8 heteroatoms. The molecule has 0 unspecified atom stereocenters. The van der Waals surface area contributed by atoms with Gasteiger partial charge in [-0.15, -0.1) is 0 Å². The standard InChI is InChI=1S/C27H39N3O5/c1-2-34-24-19-22(9-10-23(24)35-20-25(31)28-13-5-3-6-14-28)27(33)30-17-11-21(12-18-30)26(32)29-15-7-4-8-16-29/h9-10,19,21H,2-8,11-18,20H2,1H3. The first-order chi connectivity index (χ1) is 17.1. The Kier molecular flexibility index (Phi) is 8.88. The van der Waals surface area contributed by atoms with Gasteiger partial charge in [-0.25, -0.2) is 0 Å². The summed E-state index contributed by atoms with van der Waals surface area (Å²) in [6.45, 7) is 6.74. The predicted molar refractivity (Wildman–Crippen MR) is 133 cm³/mol. The number of ether oxygens (including phenoxy) is 2. The fraction of sp³-hybridized carbons (Fsp3) is 0.667. The second-order valence-electron chi connectivity index (χ2n) is 9.78. The number of carbonyl (C=O) groups excluding carboxylic acids is 3. The van der Waals surface area contributed by atoms with E-state index in [-0.39, 0.29) is 30.2 Å². The van der Waals surface area contributed by atoms with E-state index in [0.29, 0.717) is 49.6 Å². The molecule has 0 N–H and O–H groups in total. The minimum absolute atomic E-state index is 0.0179. The molecule has 35 heavy (non-hydrogen) atoms. The van der Waals surface area contributed by atoms with Crippen LogP contribution in [0.1, 0.15) is 68.6 Å². The number of amides is 3. The van der Waals surface area contributed by atoms with Gasteiger partial charge in [0.25, 0.3) is 11.8 Å². The number of benzene rings is 1. The van der Waals surface area contributed by atoms with Crippen molar-refractivity contribution in [2.24, 2.45) is 5.92 Å². The van der Waals surface area contributed by atoms with Crippen molar-refractivity contribution in [2.45, 2.75) is 58.3 Å². The molecule has 0 aliphatic carbocycles. The topological polar surface area (TPSA) is 79.4 Å². The molecule has 8 nitrogen and oxygen atoms in total. The number of piperidine rings is 3. The Labute approximate surface area is 208 Å². The van der Waals surface area contributed by atoms with Crippen LogP contribution < -0.4 is 9.47 Å². The van der Waals surface area contributed by atoms with Gasteiger partial charge in [-0.05, 0) is 76.5 Å². The molecule has 3 aliphatic heterocycles. The van der Waals surface area contributed by atoms with Crippen LogP contribution in [0.15, 0.2) is 18.2 Å². The van der Waals surface area contributed by atoms with Gasteiger partial charge in [0.15, 0.2) is 18.1 Å². The molecular weight excluding hydrogens is 446 g/mol. The average Bonchev–Trinajstić information content (AvgIpc) is 2.92. The number of carbonyl (C=O) groups is 3. The fourth-order valence-corrected chi connectivity index (χ4v) is 5.29. The Morgan fingerprint density at radius 3 is 2.03 bits per heavy atom. The summed E-state index contributed by atoms with van der Waals surface area (Å²) in [6, 6.07) is 5.16. The van der Waals surface area contributed by atoms with Crippen molar-refractivity contribution in [1.29, 1.82) is 0 Å². The van der Waals surface area contributed by atoms with Gasteiger partial charge >= 0.3 is 0 Å². The molecule has 3 saturated heterocycles. The zero-order valence-electron chi connectivity index (χ0n) is 21.0. The number of nitrogens with zero attached hydrogens (tertiary/aromatic N) is 3. The Balaban J connectivity index is 1.33. The number of likely N-dealkylation sites (tertiary alicyclic amines) is 3. The molecule has 3 fully saturated rings. The van der Waals surface area contributed by atoms with Crippen molar-refractivity contribution < 1.29 is 23.9 Å². The SMILES string of the molecule is CCOc1cc(C(=O)N2CCC(C(=O)N3CCCCC3)CC2)ccc1OCC(=O)N1CCCCC1. The van der Waals surface area contributed by atoms with Crippen LogP contribution in [0, 0.1) is 5.92 Å². The quantitative estimate of drug-likeness (QED) is 0.592. The highest BCUT2D eigenvalue weighted by Crippen LogP contribution is 2.30. The first-order valence-corrected chi connectivity index (χ1v) is 13.3. The van der Waals surface area contributed by atoms with Gasteiger partial charge in [-0.2, -0.15) is 0 Å². The van der Waals surface area contributed by atoms with Crippen molar-refractivity contribution in [3.63, 3.8) is 0 Å².